The molecule has 2 heteroatoms. The lowest BCUT2D eigenvalue weighted by Crippen LogP contribution is -2.04. The highest BCUT2D eigenvalue weighted by atomic mass is 35.5. The van der Waals surface area contributed by atoms with Gasteiger partial charge in [0.2, 0.25) is 0 Å². The second-order valence-electron chi connectivity index (χ2n) is 4.99. The van der Waals surface area contributed by atoms with E-state index in [9.17, 15) is 4.79 Å². The number of ketones is 1. The Morgan fingerprint density at radius 3 is 2.39 bits per heavy atom. The summed E-state index contributed by atoms with van der Waals surface area (Å²) in [4.78, 5) is 11.4. The van der Waals surface area contributed by atoms with Gasteiger partial charge in [-0.3, -0.25) is 4.79 Å². The number of benzene rings is 1. The van der Waals surface area contributed by atoms with Crippen molar-refractivity contribution < 1.29 is 4.79 Å². The van der Waals surface area contributed by atoms with Crippen molar-refractivity contribution in [1.82, 2.24) is 0 Å². The fourth-order valence-corrected chi connectivity index (χ4v) is 2.58. The van der Waals surface area contributed by atoms with Crippen LogP contribution in [-0.4, -0.2) is 5.78 Å². The minimum absolute atomic E-state index is 0.341. The predicted molar refractivity (Wildman–Crippen MR) is 78.5 cm³/mol. The summed E-state index contributed by atoms with van der Waals surface area (Å²) in [5.74, 6) is 0.737. The van der Waals surface area contributed by atoms with Crippen LogP contribution in [0.5, 0.6) is 0 Å². The van der Waals surface area contributed by atoms with Gasteiger partial charge in [-0.15, -0.1) is 0 Å². The molecule has 0 saturated heterocycles. The molecule has 1 aromatic rings. The van der Waals surface area contributed by atoms with E-state index in [1.807, 2.05) is 13.0 Å². The van der Waals surface area contributed by atoms with Gasteiger partial charge in [0.25, 0.3) is 0 Å². The van der Waals surface area contributed by atoms with Gasteiger partial charge in [-0.2, -0.15) is 0 Å². The quantitative estimate of drug-likeness (QED) is 0.691. The summed E-state index contributed by atoms with van der Waals surface area (Å²) < 4.78 is 0. The highest BCUT2D eigenvalue weighted by Gasteiger charge is 2.15. The van der Waals surface area contributed by atoms with Gasteiger partial charge in [-0.1, -0.05) is 31.5 Å². The third-order valence-electron chi connectivity index (χ3n) is 3.71. The standard InChI is InChI=1S/C16H23ClO/c1-5-13(7-8-14(18)6-2)15-9-11(3)12(4)10-16(15)17/h9-10,13H,5-8H2,1-4H3. The van der Waals surface area contributed by atoms with Crippen LogP contribution in [0.2, 0.25) is 5.02 Å². The minimum atomic E-state index is 0.341. The second kappa shape index (κ2) is 6.94. The molecule has 0 saturated carbocycles. The van der Waals surface area contributed by atoms with Crippen molar-refractivity contribution in [3.05, 3.63) is 33.8 Å². The van der Waals surface area contributed by atoms with Gasteiger partial charge in [0.05, 0.1) is 0 Å². The van der Waals surface area contributed by atoms with Crippen molar-refractivity contribution in [2.24, 2.45) is 0 Å². The predicted octanol–water partition coefficient (Wildman–Crippen LogP) is 5.21. The maximum Gasteiger partial charge on any atom is 0.132 e. The third kappa shape index (κ3) is 3.84. The van der Waals surface area contributed by atoms with Gasteiger partial charge in [-0.05, 0) is 55.4 Å². The molecule has 0 amide bonds. The van der Waals surface area contributed by atoms with Crippen LogP contribution in [0.4, 0.5) is 0 Å². The van der Waals surface area contributed by atoms with E-state index in [2.05, 4.69) is 26.8 Å². The van der Waals surface area contributed by atoms with Gasteiger partial charge in [0, 0.05) is 17.9 Å². The molecule has 1 rings (SSSR count). The molecule has 1 unspecified atom stereocenters. The van der Waals surface area contributed by atoms with Gasteiger partial charge < -0.3 is 0 Å². The van der Waals surface area contributed by atoms with E-state index in [-0.39, 0.29) is 0 Å². The first-order valence-corrected chi connectivity index (χ1v) is 7.15. The molecule has 0 spiro atoms. The smallest absolute Gasteiger partial charge is 0.132 e. The molecule has 0 aliphatic rings. The van der Waals surface area contributed by atoms with Crippen molar-refractivity contribution in [1.29, 1.82) is 0 Å². The molecular weight excluding hydrogens is 244 g/mol. The van der Waals surface area contributed by atoms with E-state index in [1.54, 1.807) is 0 Å². The van der Waals surface area contributed by atoms with Gasteiger partial charge >= 0.3 is 0 Å². The number of carbonyl (C=O) groups is 1. The highest BCUT2D eigenvalue weighted by Crippen LogP contribution is 2.32. The van der Waals surface area contributed by atoms with E-state index >= 15 is 0 Å². The number of aryl methyl sites for hydroxylation is 2. The third-order valence-corrected chi connectivity index (χ3v) is 4.04. The molecule has 0 bridgehead atoms. The summed E-state index contributed by atoms with van der Waals surface area (Å²) in [6, 6.07) is 4.22. The lowest BCUT2D eigenvalue weighted by Gasteiger charge is -2.18. The van der Waals surface area contributed by atoms with Crippen LogP contribution in [0.15, 0.2) is 12.1 Å². The monoisotopic (exact) mass is 266 g/mol. The largest absolute Gasteiger partial charge is 0.300 e. The van der Waals surface area contributed by atoms with Crippen LogP contribution in [-0.2, 0) is 4.79 Å². The fraction of sp³-hybridized carbons (Fsp3) is 0.562. The van der Waals surface area contributed by atoms with Crippen LogP contribution in [0, 0.1) is 13.8 Å². The van der Waals surface area contributed by atoms with E-state index < -0.39 is 0 Å². The highest BCUT2D eigenvalue weighted by molar-refractivity contribution is 6.31. The number of rotatable bonds is 6. The fourth-order valence-electron chi connectivity index (χ4n) is 2.21. The Bertz CT molecular complexity index is 423. The van der Waals surface area contributed by atoms with E-state index in [4.69, 9.17) is 11.6 Å². The zero-order valence-corrected chi connectivity index (χ0v) is 12.6. The number of hydrogen-bond donors (Lipinski definition) is 0. The summed E-state index contributed by atoms with van der Waals surface area (Å²) in [5, 5.41) is 0.842. The van der Waals surface area contributed by atoms with Crippen LogP contribution >= 0.6 is 11.6 Å². The average Bonchev–Trinajstić information content (AvgIpc) is 2.35. The lowest BCUT2D eigenvalue weighted by molar-refractivity contribution is -0.118. The van der Waals surface area contributed by atoms with Crippen LogP contribution in [0.1, 0.15) is 62.1 Å². The first kappa shape index (κ1) is 15.2. The molecule has 18 heavy (non-hydrogen) atoms. The number of Topliss-reactive ketones (excluding diaryl/α,β-unsaturated/α-hetero) is 1. The molecule has 0 heterocycles. The summed E-state index contributed by atoms with van der Waals surface area (Å²) in [6.07, 6.45) is 3.24. The molecule has 0 fully saturated rings. The van der Waals surface area contributed by atoms with Crippen LogP contribution < -0.4 is 0 Å². The van der Waals surface area contributed by atoms with Crippen molar-refractivity contribution >= 4 is 17.4 Å². The summed E-state index contributed by atoms with van der Waals surface area (Å²) in [5.41, 5.74) is 3.70. The van der Waals surface area contributed by atoms with Crippen LogP contribution in [0.3, 0.4) is 0 Å². The van der Waals surface area contributed by atoms with E-state index in [0.29, 0.717) is 24.5 Å². The minimum Gasteiger partial charge on any atom is -0.300 e. The topological polar surface area (TPSA) is 17.1 Å². The van der Waals surface area contributed by atoms with Gasteiger partial charge in [0.15, 0.2) is 0 Å². The van der Waals surface area contributed by atoms with Crippen molar-refractivity contribution in [2.75, 3.05) is 0 Å². The summed E-state index contributed by atoms with van der Waals surface area (Å²) >= 11 is 6.34. The molecule has 0 N–H and O–H groups in total. The Hall–Kier alpha value is -0.820. The Morgan fingerprint density at radius 2 is 1.83 bits per heavy atom. The first-order valence-electron chi connectivity index (χ1n) is 6.77. The molecule has 100 valence electrons. The Labute approximate surface area is 116 Å². The van der Waals surface area contributed by atoms with Crippen molar-refractivity contribution in [2.45, 2.75) is 59.3 Å². The molecule has 0 aromatic heterocycles. The van der Waals surface area contributed by atoms with Crippen molar-refractivity contribution in [3.8, 4) is 0 Å². The van der Waals surface area contributed by atoms with E-state index in [1.165, 1.54) is 16.7 Å². The maximum absolute atomic E-state index is 11.4. The average molecular weight is 267 g/mol. The zero-order valence-electron chi connectivity index (χ0n) is 11.8. The van der Waals surface area contributed by atoms with Crippen molar-refractivity contribution in [3.63, 3.8) is 0 Å². The number of hydrogen-bond acceptors (Lipinski definition) is 1. The van der Waals surface area contributed by atoms with Gasteiger partial charge in [0.1, 0.15) is 5.78 Å². The number of halogens is 1. The molecule has 0 aliphatic carbocycles. The summed E-state index contributed by atoms with van der Waals surface area (Å²) in [6.45, 7) is 8.27. The molecule has 1 atom stereocenters. The Morgan fingerprint density at radius 1 is 1.22 bits per heavy atom. The number of carbonyl (C=O) groups excluding carboxylic acids is 1. The molecule has 1 aromatic carbocycles. The normalized spacial score (nSPS) is 12.5. The molecule has 1 nitrogen and oxygen atoms in total. The maximum atomic E-state index is 11.4. The SMILES string of the molecule is CCC(=O)CCC(CC)c1cc(C)c(C)cc1Cl. The first-order chi connectivity index (χ1) is 8.49. The lowest BCUT2D eigenvalue weighted by atomic mass is 9.89. The zero-order chi connectivity index (χ0) is 13.7. The summed E-state index contributed by atoms with van der Waals surface area (Å²) in [7, 11) is 0. The second-order valence-corrected chi connectivity index (χ2v) is 5.40. The molecule has 0 aliphatic heterocycles. The molecule has 0 radical (unpaired) electrons. The molecular formula is C16H23ClO. The van der Waals surface area contributed by atoms with E-state index in [0.717, 1.165) is 17.9 Å². The Balaban J connectivity index is 2.88. The van der Waals surface area contributed by atoms with Gasteiger partial charge in [-0.25, -0.2) is 0 Å². The van der Waals surface area contributed by atoms with Crippen LogP contribution in [0.25, 0.3) is 0 Å². The Kier molecular flexibility index (Phi) is 5.87.